The van der Waals surface area contributed by atoms with E-state index in [4.69, 9.17) is 4.74 Å². The molecule has 0 aliphatic carbocycles. The Morgan fingerprint density at radius 2 is 2.03 bits per heavy atom. The molecule has 2 unspecified atom stereocenters. The van der Waals surface area contributed by atoms with Gasteiger partial charge in [0.1, 0.15) is 10.8 Å². The maximum Gasteiger partial charge on any atom is 0.251 e. The quantitative estimate of drug-likeness (QED) is 0.609. The lowest BCUT2D eigenvalue weighted by Crippen LogP contribution is -2.42. The number of ether oxygens (including phenoxy) is 1. The van der Waals surface area contributed by atoms with E-state index in [1.165, 1.54) is 5.56 Å². The van der Waals surface area contributed by atoms with Crippen molar-refractivity contribution < 1.29 is 9.53 Å². The van der Waals surface area contributed by atoms with Crippen LogP contribution in [-0.2, 0) is 6.54 Å². The topological polar surface area (TPSA) is 54.5 Å². The minimum atomic E-state index is -0.0728. The van der Waals surface area contributed by atoms with E-state index in [9.17, 15) is 4.79 Å². The molecule has 1 amide bonds. The van der Waals surface area contributed by atoms with E-state index < -0.39 is 0 Å². The Labute approximate surface area is 181 Å². The van der Waals surface area contributed by atoms with Crippen molar-refractivity contribution in [1.82, 2.24) is 15.2 Å². The molecule has 2 heterocycles. The average Bonchev–Trinajstić information content (AvgIpc) is 3.33. The van der Waals surface area contributed by atoms with Crippen LogP contribution in [-0.4, -0.2) is 36.0 Å². The molecule has 5 nitrogen and oxygen atoms in total. The molecule has 2 atom stereocenters. The van der Waals surface area contributed by atoms with Gasteiger partial charge < -0.3 is 10.1 Å². The van der Waals surface area contributed by atoms with E-state index in [1.807, 2.05) is 54.0 Å². The second-order valence-corrected chi connectivity index (χ2v) is 8.60. The number of carbonyl (C=O) groups is 1. The molecule has 2 aromatic carbocycles. The van der Waals surface area contributed by atoms with Crippen molar-refractivity contribution in [2.24, 2.45) is 5.92 Å². The lowest BCUT2D eigenvalue weighted by Gasteiger charge is -2.36. The highest BCUT2D eigenvalue weighted by atomic mass is 32.1. The van der Waals surface area contributed by atoms with Gasteiger partial charge in [0.2, 0.25) is 0 Å². The number of hydrogen-bond acceptors (Lipinski definition) is 5. The number of likely N-dealkylation sites (tertiary alicyclic amines) is 1. The summed E-state index contributed by atoms with van der Waals surface area (Å²) in [5.41, 5.74) is 1.96. The van der Waals surface area contributed by atoms with Crippen molar-refractivity contribution >= 4 is 17.2 Å². The van der Waals surface area contributed by atoms with E-state index in [0.29, 0.717) is 11.5 Å². The lowest BCUT2D eigenvalue weighted by atomic mass is 9.90. The van der Waals surface area contributed by atoms with Gasteiger partial charge in [0, 0.05) is 30.2 Å². The Hall–Kier alpha value is -2.70. The van der Waals surface area contributed by atoms with Gasteiger partial charge in [0.15, 0.2) is 0 Å². The van der Waals surface area contributed by atoms with Crippen LogP contribution >= 0.6 is 11.3 Å². The molecule has 6 heteroatoms. The van der Waals surface area contributed by atoms with Gasteiger partial charge in [-0.25, -0.2) is 4.98 Å². The van der Waals surface area contributed by atoms with Gasteiger partial charge in [0.25, 0.3) is 5.91 Å². The number of nitrogens with zero attached hydrogens (tertiary/aromatic N) is 2. The predicted molar refractivity (Wildman–Crippen MR) is 120 cm³/mol. The lowest BCUT2D eigenvalue weighted by molar-refractivity contribution is 0.0878. The SMILES string of the molecule is COc1ccc(CN2CCCC(C(NC(=O)c3ccccc3)c3nccs3)C2)cc1. The van der Waals surface area contributed by atoms with Crippen LogP contribution in [0, 0.1) is 5.92 Å². The summed E-state index contributed by atoms with van der Waals surface area (Å²) in [6.07, 6.45) is 4.02. The number of nitrogens with one attached hydrogen (secondary N) is 1. The van der Waals surface area contributed by atoms with Gasteiger partial charge >= 0.3 is 0 Å². The molecule has 0 radical (unpaired) electrons. The van der Waals surface area contributed by atoms with Crippen LogP contribution in [0.25, 0.3) is 0 Å². The third-order valence-electron chi connectivity index (χ3n) is 5.62. The molecule has 1 N–H and O–H groups in total. The summed E-state index contributed by atoms with van der Waals surface area (Å²) in [5.74, 6) is 1.17. The maximum atomic E-state index is 12.9. The highest BCUT2D eigenvalue weighted by Gasteiger charge is 2.31. The van der Waals surface area contributed by atoms with Crippen molar-refractivity contribution in [2.75, 3.05) is 20.2 Å². The smallest absolute Gasteiger partial charge is 0.251 e. The number of thiazole rings is 1. The van der Waals surface area contributed by atoms with Gasteiger partial charge in [-0.1, -0.05) is 30.3 Å². The summed E-state index contributed by atoms with van der Waals surface area (Å²) in [4.78, 5) is 19.9. The number of hydrogen-bond donors (Lipinski definition) is 1. The van der Waals surface area contributed by atoms with Crippen molar-refractivity contribution in [3.63, 3.8) is 0 Å². The molecule has 1 aliphatic heterocycles. The summed E-state index contributed by atoms with van der Waals surface area (Å²) in [6.45, 7) is 2.91. The number of carbonyl (C=O) groups excluding carboxylic acids is 1. The number of aromatic nitrogens is 1. The highest BCUT2D eigenvalue weighted by molar-refractivity contribution is 7.09. The molecule has 3 aromatic rings. The van der Waals surface area contributed by atoms with Crippen molar-refractivity contribution in [3.05, 3.63) is 82.3 Å². The molecule has 4 rings (SSSR count). The number of amides is 1. The molecule has 30 heavy (non-hydrogen) atoms. The number of methoxy groups -OCH3 is 1. The Kier molecular flexibility index (Phi) is 6.77. The molecule has 0 saturated carbocycles. The van der Waals surface area contributed by atoms with Crippen LogP contribution in [0.4, 0.5) is 0 Å². The minimum Gasteiger partial charge on any atom is -0.497 e. The Bertz CT molecular complexity index is 929. The third-order valence-corrected chi connectivity index (χ3v) is 6.48. The fourth-order valence-electron chi connectivity index (χ4n) is 4.08. The molecule has 0 spiro atoms. The second-order valence-electron chi connectivity index (χ2n) is 7.67. The largest absolute Gasteiger partial charge is 0.497 e. The first-order valence-corrected chi connectivity index (χ1v) is 11.2. The summed E-state index contributed by atoms with van der Waals surface area (Å²) >= 11 is 1.61. The van der Waals surface area contributed by atoms with Crippen molar-refractivity contribution in [2.45, 2.75) is 25.4 Å². The van der Waals surface area contributed by atoms with E-state index >= 15 is 0 Å². The molecule has 1 aromatic heterocycles. The number of benzene rings is 2. The summed E-state index contributed by atoms with van der Waals surface area (Å²) in [7, 11) is 1.69. The molecule has 1 fully saturated rings. The first kappa shape index (κ1) is 20.6. The summed E-state index contributed by atoms with van der Waals surface area (Å²) in [5, 5.41) is 6.23. The number of rotatable bonds is 7. The third kappa shape index (κ3) is 5.07. The van der Waals surface area contributed by atoms with Crippen LogP contribution in [0.5, 0.6) is 5.75 Å². The molecule has 156 valence electrons. The van der Waals surface area contributed by atoms with Gasteiger partial charge in [0.05, 0.1) is 13.2 Å². The zero-order valence-electron chi connectivity index (χ0n) is 17.2. The van der Waals surface area contributed by atoms with Gasteiger partial charge in [-0.2, -0.15) is 0 Å². The van der Waals surface area contributed by atoms with Crippen LogP contribution in [0.3, 0.4) is 0 Å². The normalized spacial score (nSPS) is 18.0. The van der Waals surface area contributed by atoms with Crippen LogP contribution in [0.15, 0.2) is 66.2 Å². The molecular formula is C24H27N3O2S. The minimum absolute atomic E-state index is 0.0388. The summed E-state index contributed by atoms with van der Waals surface area (Å²) < 4.78 is 5.26. The Morgan fingerprint density at radius 3 is 2.73 bits per heavy atom. The second kappa shape index (κ2) is 9.87. The van der Waals surface area contributed by atoms with Crippen LogP contribution in [0.1, 0.15) is 39.8 Å². The van der Waals surface area contributed by atoms with Gasteiger partial charge in [-0.05, 0) is 55.1 Å². The van der Waals surface area contributed by atoms with Gasteiger partial charge in [-0.3, -0.25) is 9.69 Å². The first-order valence-electron chi connectivity index (χ1n) is 10.3. The zero-order valence-corrected chi connectivity index (χ0v) is 18.0. The number of piperidine rings is 1. The maximum absolute atomic E-state index is 12.9. The average molecular weight is 422 g/mol. The molecule has 0 bridgehead atoms. The van der Waals surface area contributed by atoms with Crippen LogP contribution < -0.4 is 10.1 Å². The van der Waals surface area contributed by atoms with E-state index in [1.54, 1.807) is 18.4 Å². The van der Waals surface area contributed by atoms with Gasteiger partial charge in [-0.15, -0.1) is 11.3 Å². The fraction of sp³-hybridized carbons (Fsp3) is 0.333. The van der Waals surface area contributed by atoms with E-state index in [-0.39, 0.29) is 11.9 Å². The first-order chi connectivity index (χ1) is 14.7. The van der Waals surface area contributed by atoms with E-state index in [2.05, 4.69) is 27.3 Å². The standard InChI is InChI=1S/C24H27N3O2S/c1-29-21-11-9-18(10-12-21)16-27-14-5-8-20(17-27)22(24-25-13-15-30-24)26-23(28)19-6-3-2-4-7-19/h2-4,6-7,9-13,15,20,22H,5,8,14,16-17H2,1H3,(H,26,28). The van der Waals surface area contributed by atoms with Crippen molar-refractivity contribution in [1.29, 1.82) is 0 Å². The monoisotopic (exact) mass is 421 g/mol. The predicted octanol–water partition coefficient (Wildman–Crippen LogP) is 4.54. The van der Waals surface area contributed by atoms with Crippen molar-refractivity contribution in [3.8, 4) is 5.75 Å². The molecular weight excluding hydrogens is 394 g/mol. The van der Waals surface area contributed by atoms with E-state index in [0.717, 1.165) is 43.2 Å². The Balaban J connectivity index is 1.46. The van der Waals surface area contributed by atoms with Crippen LogP contribution in [0.2, 0.25) is 0 Å². The Morgan fingerprint density at radius 1 is 1.23 bits per heavy atom. The molecule has 1 aliphatic rings. The molecule has 1 saturated heterocycles. The zero-order chi connectivity index (χ0) is 20.8. The fourth-order valence-corrected chi connectivity index (χ4v) is 4.86. The summed E-state index contributed by atoms with van der Waals surface area (Å²) in [6, 6.07) is 17.6. The highest BCUT2D eigenvalue weighted by Crippen LogP contribution is 2.32.